The van der Waals surface area contributed by atoms with E-state index in [1.54, 1.807) is 18.2 Å². The number of aromatic carboxylic acids is 1. The van der Waals surface area contributed by atoms with Gasteiger partial charge >= 0.3 is 5.97 Å². The van der Waals surface area contributed by atoms with E-state index in [0.717, 1.165) is 21.8 Å². The molecule has 4 aromatic rings. The van der Waals surface area contributed by atoms with Gasteiger partial charge in [-0.3, -0.25) is 0 Å². The van der Waals surface area contributed by atoms with Crippen LogP contribution in [0.2, 0.25) is 0 Å². The zero-order valence-corrected chi connectivity index (χ0v) is 16.7. The lowest BCUT2D eigenvalue weighted by Gasteiger charge is -2.09. The molecule has 0 saturated carbocycles. The summed E-state index contributed by atoms with van der Waals surface area (Å²) < 4.78 is 5.80. The summed E-state index contributed by atoms with van der Waals surface area (Å²) >= 11 is 2.54. The Morgan fingerprint density at radius 2 is 1.97 bits per heavy atom. The van der Waals surface area contributed by atoms with Gasteiger partial charge < -0.3 is 9.84 Å². The first-order chi connectivity index (χ1) is 14.2. The van der Waals surface area contributed by atoms with Crippen LogP contribution >= 0.6 is 22.7 Å². The molecule has 142 valence electrons. The van der Waals surface area contributed by atoms with E-state index in [4.69, 9.17) is 4.74 Å². The molecular formula is C22H14N2O3S2. The van der Waals surface area contributed by atoms with Gasteiger partial charge in [0.1, 0.15) is 34.0 Å². The van der Waals surface area contributed by atoms with Gasteiger partial charge in [0, 0.05) is 5.56 Å². The Morgan fingerprint density at radius 1 is 1.14 bits per heavy atom. The second kappa shape index (κ2) is 8.27. The van der Waals surface area contributed by atoms with Crippen molar-refractivity contribution in [2.24, 2.45) is 0 Å². The highest BCUT2D eigenvalue weighted by Crippen LogP contribution is 2.37. The molecule has 0 bridgehead atoms. The van der Waals surface area contributed by atoms with E-state index in [1.807, 2.05) is 47.8 Å². The minimum absolute atomic E-state index is 0.186. The highest BCUT2D eigenvalue weighted by molar-refractivity contribution is 7.18. The minimum atomic E-state index is -1.01. The van der Waals surface area contributed by atoms with Gasteiger partial charge in [-0.05, 0) is 35.2 Å². The molecule has 0 spiro atoms. The van der Waals surface area contributed by atoms with Crippen molar-refractivity contribution in [1.82, 2.24) is 4.98 Å². The van der Waals surface area contributed by atoms with Crippen LogP contribution in [0.4, 0.5) is 0 Å². The number of carboxylic acid groups (broad SMARTS) is 1. The summed E-state index contributed by atoms with van der Waals surface area (Å²) in [6.07, 6.45) is 0. The highest BCUT2D eigenvalue weighted by atomic mass is 32.1. The van der Waals surface area contributed by atoms with Crippen LogP contribution in [0.3, 0.4) is 0 Å². The lowest BCUT2D eigenvalue weighted by molar-refractivity contribution is 0.0702. The number of thiazole rings is 1. The van der Waals surface area contributed by atoms with E-state index in [-0.39, 0.29) is 4.88 Å². The van der Waals surface area contributed by atoms with Gasteiger partial charge in [-0.1, -0.05) is 36.4 Å². The number of hydrogen-bond acceptors (Lipinski definition) is 6. The maximum absolute atomic E-state index is 11.7. The second-order valence-corrected chi connectivity index (χ2v) is 8.02. The fraction of sp³-hybridized carbons (Fsp3) is 0.0455. The summed E-state index contributed by atoms with van der Waals surface area (Å²) in [5.74, 6) is -0.533. The van der Waals surface area contributed by atoms with E-state index in [9.17, 15) is 15.2 Å². The summed E-state index contributed by atoms with van der Waals surface area (Å²) in [5.41, 5.74) is 2.52. The number of benzene rings is 2. The summed E-state index contributed by atoms with van der Waals surface area (Å²) in [5, 5.41) is 21.5. The molecule has 2 aromatic heterocycles. The second-order valence-electron chi connectivity index (χ2n) is 6.08. The van der Waals surface area contributed by atoms with Crippen molar-refractivity contribution < 1.29 is 14.6 Å². The maximum atomic E-state index is 11.7. The van der Waals surface area contributed by atoms with Crippen molar-refractivity contribution in [2.75, 3.05) is 0 Å². The Kier molecular flexibility index (Phi) is 5.38. The number of thiophene rings is 1. The first kappa shape index (κ1) is 18.9. The average molecular weight is 418 g/mol. The maximum Gasteiger partial charge on any atom is 0.348 e. The summed E-state index contributed by atoms with van der Waals surface area (Å²) in [6, 6.07) is 20.8. The Hall–Kier alpha value is -3.47. The molecule has 0 radical (unpaired) electrons. The lowest BCUT2D eigenvalue weighted by Crippen LogP contribution is -1.97. The van der Waals surface area contributed by atoms with Crippen LogP contribution in [0.5, 0.6) is 5.75 Å². The molecule has 0 aliphatic rings. The SMILES string of the molecule is N#Cc1cc(-c2nc(-c3cccs3)c(C(=O)O)s2)ccc1OCc1ccccc1. The van der Waals surface area contributed by atoms with Crippen LogP contribution in [-0.2, 0) is 6.61 Å². The molecule has 0 atom stereocenters. The quantitative estimate of drug-likeness (QED) is 0.435. The average Bonchev–Trinajstić information content (AvgIpc) is 3.42. The fourth-order valence-corrected chi connectivity index (χ4v) is 4.48. The Bertz CT molecular complexity index is 1190. The standard InChI is InChI=1S/C22H14N2O3S2/c23-12-16-11-15(8-9-17(16)27-13-14-5-2-1-3-6-14)21-24-19(18-7-4-10-28-18)20(29-21)22(25)26/h1-11H,13H2,(H,25,26). The number of hydrogen-bond donors (Lipinski definition) is 1. The summed E-state index contributed by atoms with van der Waals surface area (Å²) in [6.45, 7) is 0.359. The van der Waals surface area contributed by atoms with Crippen molar-refractivity contribution in [3.05, 3.63) is 82.0 Å². The van der Waals surface area contributed by atoms with Gasteiger partial charge in [0.05, 0.1) is 10.4 Å². The van der Waals surface area contributed by atoms with E-state index in [1.165, 1.54) is 11.3 Å². The number of nitriles is 1. The van der Waals surface area contributed by atoms with Crippen molar-refractivity contribution in [3.8, 4) is 33.0 Å². The van der Waals surface area contributed by atoms with E-state index in [2.05, 4.69) is 11.1 Å². The minimum Gasteiger partial charge on any atom is -0.488 e. The molecule has 5 nitrogen and oxygen atoms in total. The molecule has 2 heterocycles. The molecule has 7 heteroatoms. The number of carboxylic acids is 1. The van der Waals surface area contributed by atoms with Crippen molar-refractivity contribution >= 4 is 28.6 Å². The number of ether oxygens (including phenoxy) is 1. The highest BCUT2D eigenvalue weighted by Gasteiger charge is 2.21. The molecule has 2 aromatic carbocycles. The molecule has 0 aliphatic carbocycles. The Labute approximate surface area is 175 Å². The molecule has 0 saturated heterocycles. The number of nitrogens with zero attached hydrogens (tertiary/aromatic N) is 2. The van der Waals surface area contributed by atoms with E-state index in [0.29, 0.717) is 34.2 Å². The third-order valence-electron chi connectivity index (χ3n) is 4.16. The first-order valence-electron chi connectivity index (χ1n) is 8.65. The van der Waals surface area contributed by atoms with Crippen LogP contribution in [0.25, 0.3) is 21.1 Å². The lowest BCUT2D eigenvalue weighted by atomic mass is 10.1. The van der Waals surface area contributed by atoms with Crippen LogP contribution < -0.4 is 4.74 Å². The van der Waals surface area contributed by atoms with Crippen molar-refractivity contribution in [3.63, 3.8) is 0 Å². The molecule has 4 rings (SSSR count). The van der Waals surface area contributed by atoms with Gasteiger partial charge in [-0.2, -0.15) is 5.26 Å². The van der Waals surface area contributed by atoms with Gasteiger partial charge in [0.15, 0.2) is 0 Å². The molecule has 0 fully saturated rings. The van der Waals surface area contributed by atoms with Gasteiger partial charge in [-0.15, -0.1) is 22.7 Å². The van der Waals surface area contributed by atoms with Crippen LogP contribution in [-0.4, -0.2) is 16.1 Å². The summed E-state index contributed by atoms with van der Waals surface area (Å²) in [7, 11) is 0. The van der Waals surface area contributed by atoms with Crippen LogP contribution in [0.1, 0.15) is 20.8 Å². The first-order valence-corrected chi connectivity index (χ1v) is 10.3. The number of carbonyl (C=O) groups is 1. The van der Waals surface area contributed by atoms with Crippen molar-refractivity contribution in [2.45, 2.75) is 6.61 Å². The molecule has 29 heavy (non-hydrogen) atoms. The molecular weight excluding hydrogens is 404 g/mol. The third-order valence-corrected chi connectivity index (χ3v) is 6.13. The van der Waals surface area contributed by atoms with Crippen LogP contribution in [0, 0.1) is 11.3 Å². The predicted octanol–water partition coefficient (Wildman–Crippen LogP) is 5.69. The van der Waals surface area contributed by atoms with Crippen molar-refractivity contribution in [1.29, 1.82) is 5.26 Å². The Balaban J connectivity index is 1.65. The van der Waals surface area contributed by atoms with Gasteiger partial charge in [0.25, 0.3) is 0 Å². The van der Waals surface area contributed by atoms with Crippen LogP contribution in [0.15, 0.2) is 66.0 Å². The smallest absolute Gasteiger partial charge is 0.348 e. The topological polar surface area (TPSA) is 83.2 Å². The van der Waals surface area contributed by atoms with E-state index < -0.39 is 5.97 Å². The van der Waals surface area contributed by atoms with Gasteiger partial charge in [0.2, 0.25) is 0 Å². The molecule has 0 unspecified atom stereocenters. The fourth-order valence-electron chi connectivity index (χ4n) is 2.78. The largest absolute Gasteiger partial charge is 0.488 e. The molecule has 0 amide bonds. The zero-order valence-electron chi connectivity index (χ0n) is 15.0. The predicted molar refractivity (Wildman–Crippen MR) is 113 cm³/mol. The normalized spacial score (nSPS) is 10.4. The monoisotopic (exact) mass is 418 g/mol. The molecule has 1 N–H and O–H groups in total. The van der Waals surface area contributed by atoms with E-state index >= 15 is 0 Å². The number of aromatic nitrogens is 1. The summed E-state index contributed by atoms with van der Waals surface area (Å²) in [4.78, 5) is 17.2. The third kappa shape index (κ3) is 4.04. The Morgan fingerprint density at radius 3 is 2.66 bits per heavy atom. The van der Waals surface area contributed by atoms with Gasteiger partial charge in [-0.25, -0.2) is 9.78 Å². The zero-order chi connectivity index (χ0) is 20.2. The number of rotatable bonds is 6. The molecule has 0 aliphatic heterocycles.